The summed E-state index contributed by atoms with van der Waals surface area (Å²) in [4.78, 5) is 6.17. The molecule has 0 radical (unpaired) electrons. The second-order valence-corrected chi connectivity index (χ2v) is 6.21. The van der Waals surface area contributed by atoms with Crippen LogP contribution in [-0.2, 0) is 6.18 Å². The molecule has 1 spiro atoms. The van der Waals surface area contributed by atoms with E-state index < -0.39 is 11.7 Å². The Morgan fingerprint density at radius 1 is 1.19 bits per heavy atom. The number of nitrogens with one attached hydrogen (secondary N) is 1. The van der Waals surface area contributed by atoms with Crippen LogP contribution in [0.5, 0.6) is 0 Å². The van der Waals surface area contributed by atoms with E-state index in [1.807, 2.05) is 0 Å². The highest BCUT2D eigenvalue weighted by atomic mass is 19.4. The molecule has 2 saturated heterocycles. The van der Waals surface area contributed by atoms with Crippen molar-refractivity contribution >= 4 is 5.82 Å². The molecule has 0 aliphatic carbocycles. The third kappa shape index (κ3) is 3.15. The van der Waals surface area contributed by atoms with E-state index in [0.29, 0.717) is 5.82 Å². The number of halogens is 3. The van der Waals surface area contributed by atoms with Crippen LogP contribution in [0.25, 0.3) is 0 Å². The SMILES string of the molecule is FC(F)(F)c1ccc(N2CCCC3(CCCNC3)C2)nc1. The first-order chi connectivity index (χ1) is 9.99. The Labute approximate surface area is 122 Å². The molecule has 21 heavy (non-hydrogen) atoms. The largest absolute Gasteiger partial charge is 0.417 e. The molecule has 1 aromatic heterocycles. The van der Waals surface area contributed by atoms with Gasteiger partial charge in [0.25, 0.3) is 0 Å². The number of hydrogen-bond acceptors (Lipinski definition) is 3. The topological polar surface area (TPSA) is 28.2 Å². The van der Waals surface area contributed by atoms with Crippen LogP contribution in [0.1, 0.15) is 31.2 Å². The Balaban J connectivity index is 1.74. The average molecular weight is 299 g/mol. The number of hydrogen-bond donors (Lipinski definition) is 1. The lowest BCUT2D eigenvalue weighted by molar-refractivity contribution is -0.137. The average Bonchev–Trinajstić information content (AvgIpc) is 2.47. The van der Waals surface area contributed by atoms with Crippen molar-refractivity contribution in [2.45, 2.75) is 31.9 Å². The minimum Gasteiger partial charge on any atom is -0.356 e. The van der Waals surface area contributed by atoms with Crippen molar-refractivity contribution in [1.29, 1.82) is 0 Å². The van der Waals surface area contributed by atoms with E-state index in [0.717, 1.165) is 44.9 Å². The lowest BCUT2D eigenvalue weighted by atomic mass is 9.74. The first-order valence-electron chi connectivity index (χ1n) is 7.48. The van der Waals surface area contributed by atoms with Gasteiger partial charge in [0, 0.05) is 31.2 Å². The molecule has 116 valence electrons. The minimum absolute atomic E-state index is 0.265. The van der Waals surface area contributed by atoms with Gasteiger partial charge >= 0.3 is 6.18 Å². The van der Waals surface area contributed by atoms with Crippen molar-refractivity contribution in [3.63, 3.8) is 0 Å². The molecule has 1 atom stereocenters. The van der Waals surface area contributed by atoms with E-state index in [9.17, 15) is 13.2 Å². The molecular weight excluding hydrogens is 279 g/mol. The van der Waals surface area contributed by atoms with Crippen LogP contribution in [0.2, 0.25) is 0 Å². The molecule has 0 bridgehead atoms. The number of aromatic nitrogens is 1. The van der Waals surface area contributed by atoms with Gasteiger partial charge in [0.15, 0.2) is 0 Å². The normalized spacial score (nSPS) is 27.1. The number of piperidine rings is 2. The smallest absolute Gasteiger partial charge is 0.356 e. The number of anilines is 1. The van der Waals surface area contributed by atoms with E-state index in [-0.39, 0.29) is 5.41 Å². The Bertz CT molecular complexity index is 472. The molecule has 0 aromatic carbocycles. The van der Waals surface area contributed by atoms with Crippen LogP contribution in [0.15, 0.2) is 18.3 Å². The maximum absolute atomic E-state index is 12.6. The Hall–Kier alpha value is -1.30. The quantitative estimate of drug-likeness (QED) is 0.864. The Morgan fingerprint density at radius 2 is 2.00 bits per heavy atom. The van der Waals surface area contributed by atoms with Crippen molar-refractivity contribution in [1.82, 2.24) is 10.3 Å². The second-order valence-electron chi connectivity index (χ2n) is 6.21. The van der Waals surface area contributed by atoms with Crippen molar-refractivity contribution < 1.29 is 13.2 Å². The van der Waals surface area contributed by atoms with Crippen LogP contribution in [0, 0.1) is 5.41 Å². The predicted octanol–water partition coefficient (Wildman–Crippen LogP) is 3.07. The van der Waals surface area contributed by atoms with E-state index >= 15 is 0 Å². The Kier molecular flexibility index (Phi) is 3.82. The van der Waals surface area contributed by atoms with Crippen LogP contribution >= 0.6 is 0 Å². The van der Waals surface area contributed by atoms with E-state index in [1.165, 1.54) is 25.3 Å². The summed E-state index contributed by atoms with van der Waals surface area (Å²) in [7, 11) is 0. The molecular formula is C15H20F3N3. The zero-order chi connectivity index (χ0) is 14.9. The van der Waals surface area contributed by atoms with Crippen molar-refractivity contribution in [3.8, 4) is 0 Å². The van der Waals surface area contributed by atoms with Crippen molar-refractivity contribution in [2.75, 3.05) is 31.1 Å². The highest BCUT2D eigenvalue weighted by molar-refractivity contribution is 5.41. The number of nitrogens with zero attached hydrogens (tertiary/aromatic N) is 2. The molecule has 0 amide bonds. The lowest BCUT2D eigenvalue weighted by Gasteiger charge is -2.45. The lowest BCUT2D eigenvalue weighted by Crippen LogP contribution is -2.51. The molecule has 2 aliphatic heterocycles. The molecule has 1 unspecified atom stereocenters. The number of rotatable bonds is 1. The third-order valence-electron chi connectivity index (χ3n) is 4.62. The van der Waals surface area contributed by atoms with Gasteiger partial charge in [-0.2, -0.15) is 13.2 Å². The van der Waals surface area contributed by atoms with E-state index in [4.69, 9.17) is 0 Å². The summed E-state index contributed by atoms with van der Waals surface area (Å²) >= 11 is 0. The van der Waals surface area contributed by atoms with Crippen LogP contribution in [0.3, 0.4) is 0 Å². The van der Waals surface area contributed by atoms with Gasteiger partial charge in [0.2, 0.25) is 0 Å². The zero-order valence-electron chi connectivity index (χ0n) is 11.9. The van der Waals surface area contributed by atoms with Gasteiger partial charge in [-0.25, -0.2) is 4.98 Å². The standard InChI is InChI=1S/C15H20F3N3/c16-15(17,18)12-3-4-13(20-9-12)21-8-2-6-14(11-21)5-1-7-19-10-14/h3-4,9,19H,1-2,5-8,10-11H2. The van der Waals surface area contributed by atoms with E-state index in [2.05, 4.69) is 15.2 Å². The first kappa shape index (κ1) is 14.6. The van der Waals surface area contributed by atoms with Crippen molar-refractivity contribution in [2.24, 2.45) is 5.41 Å². The fourth-order valence-corrected chi connectivity index (χ4v) is 3.52. The monoisotopic (exact) mass is 299 g/mol. The summed E-state index contributed by atoms with van der Waals surface area (Å²) in [6.45, 7) is 3.84. The van der Waals surface area contributed by atoms with Gasteiger partial charge in [-0.3, -0.25) is 0 Å². The molecule has 1 aromatic rings. The molecule has 2 aliphatic rings. The molecule has 1 N–H and O–H groups in total. The molecule has 3 heterocycles. The van der Waals surface area contributed by atoms with Crippen LogP contribution in [-0.4, -0.2) is 31.2 Å². The molecule has 3 nitrogen and oxygen atoms in total. The first-order valence-corrected chi connectivity index (χ1v) is 7.48. The predicted molar refractivity (Wildman–Crippen MR) is 75.2 cm³/mol. The zero-order valence-corrected chi connectivity index (χ0v) is 11.9. The third-order valence-corrected chi connectivity index (χ3v) is 4.62. The highest BCUT2D eigenvalue weighted by Crippen LogP contribution is 2.37. The van der Waals surface area contributed by atoms with E-state index in [1.54, 1.807) is 0 Å². The molecule has 2 fully saturated rings. The molecule has 0 saturated carbocycles. The molecule has 3 rings (SSSR count). The maximum atomic E-state index is 12.6. The van der Waals surface area contributed by atoms with Gasteiger partial charge in [0.1, 0.15) is 5.82 Å². The number of alkyl halides is 3. The molecule has 6 heteroatoms. The summed E-state index contributed by atoms with van der Waals surface area (Å²) < 4.78 is 37.8. The van der Waals surface area contributed by atoms with Gasteiger partial charge in [-0.1, -0.05) is 0 Å². The second kappa shape index (κ2) is 5.48. The fraction of sp³-hybridized carbons (Fsp3) is 0.667. The number of pyridine rings is 1. The summed E-state index contributed by atoms with van der Waals surface area (Å²) in [6, 6.07) is 2.63. The summed E-state index contributed by atoms with van der Waals surface area (Å²) in [5, 5.41) is 3.45. The van der Waals surface area contributed by atoms with Gasteiger partial charge < -0.3 is 10.2 Å². The summed E-state index contributed by atoms with van der Waals surface area (Å²) in [5.41, 5.74) is -0.418. The highest BCUT2D eigenvalue weighted by Gasteiger charge is 2.37. The maximum Gasteiger partial charge on any atom is 0.417 e. The minimum atomic E-state index is -4.32. The van der Waals surface area contributed by atoms with Crippen molar-refractivity contribution in [3.05, 3.63) is 23.9 Å². The summed E-state index contributed by atoms with van der Waals surface area (Å²) in [5.74, 6) is 0.660. The van der Waals surface area contributed by atoms with Crippen LogP contribution in [0.4, 0.5) is 19.0 Å². The van der Waals surface area contributed by atoms with Gasteiger partial charge in [0.05, 0.1) is 5.56 Å². The summed E-state index contributed by atoms with van der Waals surface area (Å²) in [6.07, 6.45) is 1.25. The van der Waals surface area contributed by atoms with Gasteiger partial charge in [-0.15, -0.1) is 0 Å². The Morgan fingerprint density at radius 3 is 2.62 bits per heavy atom. The van der Waals surface area contributed by atoms with Gasteiger partial charge in [-0.05, 0) is 44.4 Å². The van der Waals surface area contributed by atoms with Crippen LogP contribution < -0.4 is 10.2 Å². The fourth-order valence-electron chi connectivity index (χ4n) is 3.52.